The molecular weight excluding hydrogens is 280 g/mol. The van der Waals surface area contributed by atoms with Crippen molar-refractivity contribution in [3.63, 3.8) is 0 Å². The minimum atomic E-state index is -0.363. The predicted octanol–water partition coefficient (Wildman–Crippen LogP) is 2.14. The summed E-state index contributed by atoms with van der Waals surface area (Å²) in [4.78, 5) is 14.1. The monoisotopic (exact) mass is 306 g/mol. The largest absolute Gasteiger partial charge is 0.393 e. The molecule has 1 aromatic rings. The van der Waals surface area contributed by atoms with Crippen molar-refractivity contribution in [2.45, 2.75) is 39.0 Å². The lowest BCUT2D eigenvalue weighted by atomic mass is 9.94. The fraction of sp³-hybridized carbons (Fsp3) is 0.588. The maximum atomic E-state index is 12.3. The van der Waals surface area contributed by atoms with Crippen molar-refractivity contribution in [3.8, 4) is 0 Å². The number of urea groups is 1. The number of likely N-dealkylation sites (tertiary alicyclic amines) is 1. The van der Waals surface area contributed by atoms with Gasteiger partial charge in [-0.2, -0.15) is 0 Å². The highest BCUT2D eigenvalue weighted by Crippen LogP contribution is 2.19. The van der Waals surface area contributed by atoms with Crippen LogP contribution < -0.4 is 5.32 Å². The summed E-state index contributed by atoms with van der Waals surface area (Å²) in [6, 6.07) is 7.89. The molecule has 1 aliphatic heterocycles. The van der Waals surface area contributed by atoms with Crippen molar-refractivity contribution < 1.29 is 14.6 Å². The van der Waals surface area contributed by atoms with Crippen LogP contribution in [0.25, 0.3) is 0 Å². The molecule has 1 fully saturated rings. The number of hydrogen-bond acceptors (Lipinski definition) is 3. The van der Waals surface area contributed by atoms with Gasteiger partial charge in [0, 0.05) is 32.7 Å². The van der Waals surface area contributed by atoms with E-state index in [1.54, 1.807) is 18.9 Å². The lowest BCUT2D eigenvalue weighted by Gasteiger charge is -2.34. The average Bonchev–Trinajstić information content (AvgIpc) is 2.54. The van der Waals surface area contributed by atoms with Gasteiger partial charge in [0.05, 0.1) is 12.7 Å². The van der Waals surface area contributed by atoms with E-state index in [0.29, 0.717) is 19.7 Å². The van der Waals surface area contributed by atoms with E-state index in [0.717, 1.165) is 30.5 Å². The maximum Gasteiger partial charge on any atom is 0.317 e. The molecule has 1 aliphatic rings. The van der Waals surface area contributed by atoms with Crippen LogP contribution in [-0.4, -0.2) is 42.3 Å². The van der Waals surface area contributed by atoms with E-state index in [1.807, 2.05) is 24.3 Å². The second kappa shape index (κ2) is 8.15. The van der Waals surface area contributed by atoms with Gasteiger partial charge in [-0.3, -0.25) is 0 Å². The van der Waals surface area contributed by atoms with Gasteiger partial charge < -0.3 is 20.1 Å². The molecule has 2 unspecified atom stereocenters. The molecule has 0 saturated carbocycles. The molecule has 22 heavy (non-hydrogen) atoms. The number of aliphatic hydroxyl groups excluding tert-OH is 1. The van der Waals surface area contributed by atoms with Gasteiger partial charge in [-0.1, -0.05) is 24.3 Å². The van der Waals surface area contributed by atoms with E-state index in [1.165, 1.54) is 0 Å². The molecule has 0 bridgehead atoms. The molecule has 0 aromatic heterocycles. The van der Waals surface area contributed by atoms with E-state index in [-0.39, 0.29) is 18.1 Å². The smallest absolute Gasteiger partial charge is 0.317 e. The summed E-state index contributed by atoms with van der Waals surface area (Å²) < 4.78 is 5.18. The van der Waals surface area contributed by atoms with Crippen LogP contribution in [0.5, 0.6) is 0 Å². The van der Waals surface area contributed by atoms with Crippen molar-refractivity contribution >= 4 is 6.03 Å². The average molecular weight is 306 g/mol. The molecule has 2 amide bonds. The van der Waals surface area contributed by atoms with Crippen molar-refractivity contribution in [1.82, 2.24) is 10.2 Å². The number of nitrogens with one attached hydrogen (secondary N) is 1. The zero-order valence-corrected chi connectivity index (χ0v) is 13.4. The van der Waals surface area contributed by atoms with Gasteiger partial charge >= 0.3 is 6.03 Å². The Morgan fingerprint density at radius 3 is 2.86 bits per heavy atom. The van der Waals surface area contributed by atoms with E-state index >= 15 is 0 Å². The minimum Gasteiger partial charge on any atom is -0.393 e. The van der Waals surface area contributed by atoms with Gasteiger partial charge in [0.15, 0.2) is 0 Å². The summed E-state index contributed by atoms with van der Waals surface area (Å²) in [6.45, 7) is 4.22. The van der Waals surface area contributed by atoms with Crippen LogP contribution in [0.15, 0.2) is 24.3 Å². The van der Waals surface area contributed by atoms with Crippen molar-refractivity contribution in [2.75, 3.05) is 20.2 Å². The normalized spacial score (nSPS) is 19.8. The van der Waals surface area contributed by atoms with Crippen molar-refractivity contribution in [1.29, 1.82) is 0 Å². The topological polar surface area (TPSA) is 61.8 Å². The molecule has 1 saturated heterocycles. The van der Waals surface area contributed by atoms with Gasteiger partial charge in [-0.05, 0) is 30.9 Å². The number of benzene rings is 1. The Labute approximate surface area is 132 Å². The molecule has 0 aliphatic carbocycles. The van der Waals surface area contributed by atoms with Crippen LogP contribution in [0.1, 0.15) is 30.9 Å². The van der Waals surface area contributed by atoms with E-state index in [9.17, 15) is 9.90 Å². The van der Waals surface area contributed by atoms with Crippen LogP contribution in [-0.2, 0) is 17.9 Å². The Bertz CT molecular complexity index is 491. The molecule has 122 valence electrons. The second-order valence-corrected chi connectivity index (χ2v) is 5.95. The number of ether oxygens (including phenoxy) is 1. The Hall–Kier alpha value is -1.59. The van der Waals surface area contributed by atoms with E-state index < -0.39 is 0 Å². The third-order valence-corrected chi connectivity index (χ3v) is 4.28. The molecule has 2 rings (SSSR count). The minimum absolute atomic E-state index is 0.0578. The van der Waals surface area contributed by atoms with Gasteiger partial charge in [0.2, 0.25) is 0 Å². The van der Waals surface area contributed by atoms with Crippen LogP contribution in [0.3, 0.4) is 0 Å². The summed E-state index contributed by atoms with van der Waals surface area (Å²) in [6.07, 6.45) is 1.57. The Kier molecular flexibility index (Phi) is 6.21. The SMILES string of the molecule is COCc1ccccc1CNC(=O)N1CCCC(C(C)O)C1. The summed E-state index contributed by atoms with van der Waals surface area (Å²) in [5, 5.41) is 12.7. The van der Waals surface area contributed by atoms with Crippen molar-refractivity contribution in [3.05, 3.63) is 35.4 Å². The number of carbonyl (C=O) groups is 1. The Morgan fingerprint density at radius 2 is 2.18 bits per heavy atom. The molecule has 2 N–H and O–H groups in total. The molecule has 0 radical (unpaired) electrons. The Balaban J connectivity index is 1.90. The molecule has 5 heteroatoms. The van der Waals surface area contributed by atoms with E-state index in [4.69, 9.17) is 4.74 Å². The van der Waals surface area contributed by atoms with Crippen LogP contribution in [0.2, 0.25) is 0 Å². The standard InChI is InChI=1S/C17H26N2O3/c1-13(20)15-8-5-9-19(11-15)17(21)18-10-14-6-3-4-7-16(14)12-22-2/h3-4,6-7,13,15,20H,5,8-12H2,1-2H3,(H,18,21). The second-order valence-electron chi connectivity index (χ2n) is 5.95. The number of aliphatic hydroxyl groups is 1. The highest BCUT2D eigenvalue weighted by atomic mass is 16.5. The first-order valence-corrected chi connectivity index (χ1v) is 7.88. The van der Waals surface area contributed by atoms with Crippen molar-refractivity contribution in [2.24, 2.45) is 5.92 Å². The quantitative estimate of drug-likeness (QED) is 0.876. The van der Waals surface area contributed by atoms with Gasteiger partial charge in [0.25, 0.3) is 0 Å². The maximum absolute atomic E-state index is 12.3. The number of nitrogens with zero attached hydrogens (tertiary/aromatic N) is 1. The molecule has 2 atom stereocenters. The van der Waals surface area contributed by atoms with Crippen LogP contribution >= 0.6 is 0 Å². The van der Waals surface area contributed by atoms with E-state index in [2.05, 4.69) is 5.32 Å². The molecular formula is C17H26N2O3. The zero-order valence-electron chi connectivity index (χ0n) is 13.4. The van der Waals surface area contributed by atoms with Gasteiger partial charge in [0.1, 0.15) is 0 Å². The van der Waals surface area contributed by atoms with Crippen LogP contribution in [0.4, 0.5) is 4.79 Å². The summed E-state index contributed by atoms with van der Waals surface area (Å²) in [7, 11) is 1.67. The van der Waals surface area contributed by atoms with Gasteiger partial charge in [-0.25, -0.2) is 4.79 Å². The molecule has 0 spiro atoms. The highest BCUT2D eigenvalue weighted by molar-refractivity contribution is 5.74. The molecule has 1 heterocycles. The first-order valence-electron chi connectivity index (χ1n) is 7.88. The van der Waals surface area contributed by atoms with Gasteiger partial charge in [-0.15, -0.1) is 0 Å². The first kappa shape index (κ1) is 16.8. The lowest BCUT2D eigenvalue weighted by molar-refractivity contribution is 0.0738. The fourth-order valence-corrected chi connectivity index (χ4v) is 2.90. The Morgan fingerprint density at radius 1 is 1.45 bits per heavy atom. The third-order valence-electron chi connectivity index (χ3n) is 4.28. The summed E-state index contributed by atoms with van der Waals surface area (Å²) in [5.74, 6) is 0.181. The third kappa shape index (κ3) is 4.45. The fourth-order valence-electron chi connectivity index (χ4n) is 2.90. The predicted molar refractivity (Wildman–Crippen MR) is 85.4 cm³/mol. The summed E-state index contributed by atoms with van der Waals surface area (Å²) in [5.41, 5.74) is 2.16. The molecule has 5 nitrogen and oxygen atoms in total. The highest BCUT2D eigenvalue weighted by Gasteiger charge is 2.26. The number of methoxy groups -OCH3 is 1. The van der Waals surface area contributed by atoms with Crippen LogP contribution in [0, 0.1) is 5.92 Å². The number of amides is 2. The molecule has 1 aromatic carbocycles. The number of piperidine rings is 1. The first-order chi connectivity index (χ1) is 10.6. The number of hydrogen-bond donors (Lipinski definition) is 2. The zero-order chi connectivity index (χ0) is 15.9. The lowest BCUT2D eigenvalue weighted by Crippen LogP contribution is -2.47. The summed E-state index contributed by atoms with van der Waals surface area (Å²) >= 11 is 0. The number of rotatable bonds is 5. The number of carbonyl (C=O) groups excluding carboxylic acids is 1.